The monoisotopic (exact) mass is 296 g/mol. The average molecular weight is 296 g/mol. The second kappa shape index (κ2) is 5.29. The minimum absolute atomic E-state index is 0.149. The molecule has 2 aromatic rings. The second-order valence-electron chi connectivity index (χ2n) is 3.87. The Balaban J connectivity index is 2.36. The number of pyridine rings is 1. The first-order valence-electron chi connectivity index (χ1n) is 5.52. The lowest BCUT2D eigenvalue weighted by molar-refractivity contribution is 0.0596. The van der Waals surface area contributed by atoms with Crippen molar-refractivity contribution in [1.29, 1.82) is 0 Å². The van der Waals surface area contributed by atoms with Gasteiger partial charge in [-0.1, -0.05) is 6.07 Å². The molecule has 0 saturated carbocycles. The molecule has 0 fully saturated rings. The number of aromatic amines is 1. The molecule has 9 heteroatoms. The van der Waals surface area contributed by atoms with Gasteiger partial charge >= 0.3 is 5.97 Å². The Morgan fingerprint density at radius 3 is 2.80 bits per heavy atom. The molecule has 0 radical (unpaired) electrons. The minimum atomic E-state index is -4.00. The van der Waals surface area contributed by atoms with Crippen LogP contribution in [0.3, 0.4) is 0 Å². The van der Waals surface area contributed by atoms with E-state index in [1.807, 2.05) is 0 Å². The Labute approximate surface area is 115 Å². The van der Waals surface area contributed by atoms with E-state index >= 15 is 0 Å². The zero-order chi connectivity index (χ0) is 14.8. The smallest absolute Gasteiger partial charge is 0.342 e. The lowest BCUT2D eigenvalue weighted by Crippen LogP contribution is -2.18. The van der Waals surface area contributed by atoms with E-state index in [4.69, 9.17) is 0 Å². The molecule has 2 heterocycles. The molecule has 0 atom stereocenters. The van der Waals surface area contributed by atoms with E-state index in [-0.39, 0.29) is 16.4 Å². The number of ether oxygens (including phenoxy) is 1. The van der Waals surface area contributed by atoms with E-state index in [1.165, 1.54) is 6.07 Å². The Morgan fingerprint density at radius 2 is 2.15 bits per heavy atom. The summed E-state index contributed by atoms with van der Waals surface area (Å²) in [4.78, 5) is 15.5. The third-order valence-electron chi connectivity index (χ3n) is 2.41. The molecule has 0 bridgehead atoms. The lowest BCUT2D eigenvalue weighted by Gasteiger charge is -2.07. The van der Waals surface area contributed by atoms with Crippen LogP contribution in [0.2, 0.25) is 0 Å². The summed E-state index contributed by atoms with van der Waals surface area (Å²) in [7, 11) is -2.85. The van der Waals surface area contributed by atoms with Crippen LogP contribution in [0.4, 0.5) is 5.82 Å². The predicted molar refractivity (Wildman–Crippen MR) is 69.7 cm³/mol. The number of H-pyrrole nitrogens is 1. The number of aryl methyl sites for hydroxylation is 1. The molecular formula is C11H12N4O4S. The molecule has 0 aromatic carbocycles. The van der Waals surface area contributed by atoms with Crippen molar-refractivity contribution in [2.75, 3.05) is 11.8 Å². The molecule has 8 nitrogen and oxygen atoms in total. The first-order valence-corrected chi connectivity index (χ1v) is 7.00. The molecule has 2 aromatic heterocycles. The van der Waals surface area contributed by atoms with Crippen molar-refractivity contribution in [2.45, 2.75) is 11.9 Å². The maximum Gasteiger partial charge on any atom is 0.342 e. The molecule has 0 spiro atoms. The van der Waals surface area contributed by atoms with E-state index in [2.05, 4.69) is 24.6 Å². The quantitative estimate of drug-likeness (QED) is 0.803. The number of aromatic nitrogens is 3. The predicted octanol–water partition coefficient (Wildman–Crippen LogP) is 0.701. The van der Waals surface area contributed by atoms with Gasteiger partial charge in [0.05, 0.1) is 13.3 Å². The number of methoxy groups -OCH3 is 1. The fraction of sp³-hybridized carbons (Fsp3) is 0.182. The first kappa shape index (κ1) is 14.0. The van der Waals surface area contributed by atoms with Gasteiger partial charge < -0.3 is 4.74 Å². The Bertz CT molecular complexity index is 738. The third kappa shape index (κ3) is 2.77. The van der Waals surface area contributed by atoms with Crippen molar-refractivity contribution in [3.8, 4) is 0 Å². The summed E-state index contributed by atoms with van der Waals surface area (Å²) in [6.45, 7) is 1.73. The Hall–Kier alpha value is -2.42. The van der Waals surface area contributed by atoms with E-state index in [0.717, 1.165) is 13.3 Å². The molecule has 0 aliphatic carbocycles. The summed E-state index contributed by atoms with van der Waals surface area (Å²) in [5.41, 5.74) is 0.482. The molecule has 0 unspecified atom stereocenters. The van der Waals surface area contributed by atoms with Crippen LogP contribution in [-0.4, -0.2) is 36.7 Å². The number of hydrogen-bond acceptors (Lipinski definition) is 6. The van der Waals surface area contributed by atoms with Crippen molar-refractivity contribution < 1.29 is 17.9 Å². The number of carbonyl (C=O) groups excluding carboxylic acids is 1. The van der Waals surface area contributed by atoms with Crippen LogP contribution in [0.1, 0.15) is 16.1 Å². The molecule has 2 rings (SSSR count). The van der Waals surface area contributed by atoms with Crippen LogP contribution in [0.15, 0.2) is 29.4 Å². The number of nitrogens with zero attached hydrogens (tertiary/aromatic N) is 2. The van der Waals surface area contributed by atoms with Crippen LogP contribution in [0.25, 0.3) is 0 Å². The highest BCUT2D eigenvalue weighted by Gasteiger charge is 2.26. The highest BCUT2D eigenvalue weighted by atomic mass is 32.2. The fourth-order valence-corrected chi connectivity index (χ4v) is 2.61. The first-order chi connectivity index (χ1) is 9.44. The molecule has 0 amide bonds. The molecule has 0 aliphatic heterocycles. The van der Waals surface area contributed by atoms with E-state index in [1.54, 1.807) is 19.1 Å². The molecule has 20 heavy (non-hydrogen) atoms. The van der Waals surface area contributed by atoms with Gasteiger partial charge in [0.2, 0.25) is 0 Å². The SMILES string of the molecule is COC(=O)c1cn[nH]c1S(=O)(=O)Nc1cccc(C)n1. The maximum atomic E-state index is 12.2. The van der Waals surface area contributed by atoms with Gasteiger partial charge in [0.1, 0.15) is 11.4 Å². The van der Waals surface area contributed by atoms with Crippen molar-refractivity contribution in [3.63, 3.8) is 0 Å². The van der Waals surface area contributed by atoms with Crippen molar-refractivity contribution >= 4 is 21.8 Å². The zero-order valence-electron chi connectivity index (χ0n) is 10.7. The average Bonchev–Trinajstić information content (AvgIpc) is 2.87. The van der Waals surface area contributed by atoms with Crippen molar-refractivity contribution in [2.24, 2.45) is 0 Å². The third-order valence-corrected chi connectivity index (χ3v) is 3.73. The normalized spacial score (nSPS) is 11.1. The number of carbonyl (C=O) groups is 1. The largest absolute Gasteiger partial charge is 0.465 e. The van der Waals surface area contributed by atoms with Gasteiger partial charge in [-0.05, 0) is 19.1 Å². The van der Waals surface area contributed by atoms with Crippen LogP contribution in [0, 0.1) is 6.92 Å². The molecule has 0 saturated heterocycles. The Kier molecular flexibility index (Phi) is 3.70. The summed E-state index contributed by atoms with van der Waals surface area (Å²) in [5, 5.41) is 5.45. The highest BCUT2D eigenvalue weighted by Crippen LogP contribution is 2.17. The summed E-state index contributed by atoms with van der Waals surface area (Å²) in [5.74, 6) is -0.647. The van der Waals surface area contributed by atoms with Crippen LogP contribution in [-0.2, 0) is 14.8 Å². The summed E-state index contributed by atoms with van der Waals surface area (Å²) in [6.07, 6.45) is 1.09. The van der Waals surface area contributed by atoms with E-state index < -0.39 is 16.0 Å². The number of hydrogen-bond donors (Lipinski definition) is 2. The number of nitrogens with one attached hydrogen (secondary N) is 2. The van der Waals surface area contributed by atoms with Gasteiger partial charge in [0, 0.05) is 5.69 Å². The van der Waals surface area contributed by atoms with Gasteiger partial charge in [0.25, 0.3) is 10.0 Å². The van der Waals surface area contributed by atoms with E-state index in [9.17, 15) is 13.2 Å². The van der Waals surface area contributed by atoms with Gasteiger partial charge in [0.15, 0.2) is 5.03 Å². The highest BCUT2D eigenvalue weighted by molar-refractivity contribution is 7.92. The standard InChI is InChI=1S/C11H12N4O4S/c1-7-4-3-5-9(13-7)15-20(17,18)10-8(6-12-14-10)11(16)19-2/h3-6H,1-2H3,(H,12,14)(H,13,15). The fourth-order valence-electron chi connectivity index (χ4n) is 1.52. The van der Waals surface area contributed by atoms with Gasteiger partial charge in [-0.25, -0.2) is 9.78 Å². The summed E-state index contributed by atoms with van der Waals surface area (Å²) >= 11 is 0. The second-order valence-corrected chi connectivity index (χ2v) is 5.49. The summed E-state index contributed by atoms with van der Waals surface area (Å²) in [6, 6.07) is 4.89. The van der Waals surface area contributed by atoms with Crippen LogP contribution >= 0.6 is 0 Å². The topological polar surface area (TPSA) is 114 Å². The van der Waals surface area contributed by atoms with Crippen molar-refractivity contribution in [3.05, 3.63) is 35.7 Å². The Morgan fingerprint density at radius 1 is 1.40 bits per heavy atom. The number of esters is 1. The summed E-state index contributed by atoms with van der Waals surface area (Å²) < 4.78 is 31.1. The number of anilines is 1. The van der Waals surface area contributed by atoms with Crippen LogP contribution < -0.4 is 4.72 Å². The molecular weight excluding hydrogens is 284 g/mol. The van der Waals surface area contributed by atoms with Crippen molar-refractivity contribution in [1.82, 2.24) is 15.2 Å². The molecule has 0 aliphatic rings. The maximum absolute atomic E-state index is 12.2. The number of rotatable bonds is 4. The van der Waals surface area contributed by atoms with Gasteiger partial charge in [-0.15, -0.1) is 0 Å². The van der Waals surface area contributed by atoms with Gasteiger partial charge in [-0.3, -0.25) is 9.82 Å². The lowest BCUT2D eigenvalue weighted by atomic mass is 10.4. The zero-order valence-corrected chi connectivity index (χ0v) is 11.6. The minimum Gasteiger partial charge on any atom is -0.465 e. The van der Waals surface area contributed by atoms with E-state index in [0.29, 0.717) is 5.69 Å². The number of sulfonamides is 1. The molecule has 106 valence electrons. The van der Waals surface area contributed by atoms with Crippen LogP contribution in [0.5, 0.6) is 0 Å². The molecule has 2 N–H and O–H groups in total. The van der Waals surface area contributed by atoms with Gasteiger partial charge in [-0.2, -0.15) is 13.5 Å².